The van der Waals surface area contributed by atoms with Crippen LogP contribution in [0.4, 0.5) is 0 Å². The summed E-state index contributed by atoms with van der Waals surface area (Å²) < 4.78 is 32.2. The smallest absolute Gasteiger partial charge is 0.214 e. The summed E-state index contributed by atoms with van der Waals surface area (Å²) in [5, 5.41) is 0. The molecule has 0 radical (unpaired) electrons. The molecule has 1 aromatic heterocycles. The van der Waals surface area contributed by atoms with Crippen molar-refractivity contribution in [2.75, 3.05) is 12.9 Å². The van der Waals surface area contributed by atoms with Gasteiger partial charge in [0.15, 0.2) is 0 Å². The molecule has 7 heteroatoms. The summed E-state index contributed by atoms with van der Waals surface area (Å²) in [6, 6.07) is 3.59. The van der Waals surface area contributed by atoms with Gasteiger partial charge in [0.1, 0.15) is 0 Å². The van der Waals surface area contributed by atoms with Crippen molar-refractivity contribution in [1.82, 2.24) is 4.72 Å². The number of sulfonamides is 1. The zero-order valence-electron chi connectivity index (χ0n) is 9.94. The Bertz CT molecular complexity index is 458. The van der Waals surface area contributed by atoms with E-state index in [2.05, 4.69) is 20.7 Å². The van der Waals surface area contributed by atoms with E-state index in [0.29, 0.717) is 0 Å². The van der Waals surface area contributed by atoms with Crippen LogP contribution in [0, 0.1) is 0 Å². The van der Waals surface area contributed by atoms with Gasteiger partial charge in [-0.1, -0.05) is 0 Å². The fourth-order valence-electron chi connectivity index (χ4n) is 1.31. The largest absolute Gasteiger partial charge is 0.381 e. The fraction of sp³-hybridized carbons (Fsp3) is 0.600. The average molecular weight is 342 g/mol. The molecule has 1 heterocycles. The lowest BCUT2D eigenvalue weighted by atomic mass is 10.3. The second kappa shape index (κ2) is 6.29. The Hall–Kier alpha value is 0.0500. The van der Waals surface area contributed by atoms with Crippen molar-refractivity contribution in [3.63, 3.8) is 0 Å². The zero-order chi connectivity index (χ0) is 13.1. The van der Waals surface area contributed by atoms with Crippen molar-refractivity contribution < 1.29 is 13.2 Å². The summed E-state index contributed by atoms with van der Waals surface area (Å²) in [6.45, 7) is 3.55. The molecular weight excluding hydrogens is 326 g/mol. The van der Waals surface area contributed by atoms with E-state index in [0.717, 1.165) is 8.66 Å². The van der Waals surface area contributed by atoms with Crippen molar-refractivity contribution in [1.29, 1.82) is 0 Å². The van der Waals surface area contributed by atoms with Crippen molar-refractivity contribution in [3.05, 3.63) is 20.8 Å². The van der Waals surface area contributed by atoms with E-state index in [4.69, 9.17) is 4.74 Å². The summed E-state index contributed by atoms with van der Waals surface area (Å²) in [5.41, 5.74) is 0. The van der Waals surface area contributed by atoms with Crippen LogP contribution in [0.1, 0.15) is 24.8 Å². The lowest BCUT2D eigenvalue weighted by Crippen LogP contribution is -2.33. The molecule has 4 nitrogen and oxygen atoms in total. The standard InChI is InChI=1S/C10H16BrNO3S2/c1-7(15-3)6-17(13,14)12-8(2)9-4-5-10(11)16-9/h4-5,7-8,12H,6H2,1-3H3/t7-,8-/m0/s1. The molecule has 17 heavy (non-hydrogen) atoms. The molecule has 0 aromatic carbocycles. The maximum Gasteiger partial charge on any atom is 0.214 e. The van der Waals surface area contributed by atoms with Crippen LogP contribution in [0.15, 0.2) is 15.9 Å². The summed E-state index contributed by atoms with van der Waals surface area (Å²) in [6.07, 6.45) is -0.310. The lowest BCUT2D eigenvalue weighted by molar-refractivity contribution is 0.136. The predicted octanol–water partition coefficient (Wildman–Crippen LogP) is 2.53. The first-order valence-corrected chi connectivity index (χ1v) is 8.38. The molecule has 1 N–H and O–H groups in total. The number of hydrogen-bond donors (Lipinski definition) is 1. The first-order valence-electron chi connectivity index (χ1n) is 5.12. The van der Waals surface area contributed by atoms with Gasteiger partial charge in [0, 0.05) is 12.0 Å². The normalized spacial score (nSPS) is 15.8. The van der Waals surface area contributed by atoms with Crippen LogP contribution in [0.25, 0.3) is 0 Å². The third kappa shape index (κ3) is 5.05. The Morgan fingerprint density at radius 1 is 1.47 bits per heavy atom. The second-order valence-corrected chi connectivity index (χ2v) is 8.10. The highest BCUT2D eigenvalue weighted by molar-refractivity contribution is 9.11. The van der Waals surface area contributed by atoms with Gasteiger partial charge in [0.2, 0.25) is 10.0 Å². The minimum Gasteiger partial charge on any atom is -0.381 e. The molecule has 0 unspecified atom stereocenters. The Balaban J connectivity index is 2.64. The van der Waals surface area contributed by atoms with Gasteiger partial charge in [-0.2, -0.15) is 0 Å². The lowest BCUT2D eigenvalue weighted by Gasteiger charge is -2.15. The number of hydrogen-bond acceptors (Lipinski definition) is 4. The molecular formula is C10H16BrNO3S2. The van der Waals surface area contributed by atoms with Crippen LogP contribution in [0.2, 0.25) is 0 Å². The first-order chi connectivity index (χ1) is 7.84. The third-order valence-electron chi connectivity index (χ3n) is 2.23. The minimum absolute atomic E-state index is 0.0274. The van der Waals surface area contributed by atoms with Crippen LogP contribution < -0.4 is 4.72 Å². The minimum atomic E-state index is -3.31. The Labute approximate surface area is 115 Å². The van der Waals surface area contributed by atoms with Gasteiger partial charge in [-0.15, -0.1) is 11.3 Å². The van der Waals surface area contributed by atoms with Crippen molar-refractivity contribution in [2.45, 2.75) is 26.0 Å². The van der Waals surface area contributed by atoms with Crippen LogP contribution in [-0.4, -0.2) is 27.4 Å². The molecule has 0 aliphatic heterocycles. The SMILES string of the molecule is CO[C@@H](C)CS(=O)(=O)N[C@@H](C)c1ccc(Br)s1. The molecule has 0 spiro atoms. The quantitative estimate of drug-likeness (QED) is 0.864. The Kier molecular flexibility index (Phi) is 5.59. The monoisotopic (exact) mass is 341 g/mol. The number of halogens is 1. The average Bonchev–Trinajstić information content (AvgIpc) is 2.63. The first kappa shape index (κ1) is 15.1. The summed E-state index contributed by atoms with van der Waals surface area (Å²) >= 11 is 4.87. The number of nitrogens with one attached hydrogen (secondary N) is 1. The molecule has 0 saturated heterocycles. The molecule has 1 rings (SSSR count). The van der Waals surface area contributed by atoms with E-state index in [9.17, 15) is 8.42 Å². The summed E-state index contributed by atoms with van der Waals surface area (Å²) in [5.74, 6) is -0.0274. The van der Waals surface area contributed by atoms with Crippen LogP contribution >= 0.6 is 27.3 Å². The van der Waals surface area contributed by atoms with Gasteiger partial charge in [-0.3, -0.25) is 0 Å². The highest BCUT2D eigenvalue weighted by atomic mass is 79.9. The summed E-state index contributed by atoms with van der Waals surface area (Å²) in [4.78, 5) is 0.977. The maximum absolute atomic E-state index is 11.8. The van der Waals surface area contributed by atoms with Crippen molar-refractivity contribution in [2.24, 2.45) is 0 Å². The highest BCUT2D eigenvalue weighted by Gasteiger charge is 2.19. The molecule has 0 bridgehead atoms. The van der Waals surface area contributed by atoms with E-state index in [1.165, 1.54) is 18.4 Å². The number of rotatable bonds is 6. The predicted molar refractivity (Wildman–Crippen MR) is 73.8 cm³/mol. The van der Waals surface area contributed by atoms with Gasteiger partial charge in [0.25, 0.3) is 0 Å². The molecule has 0 aliphatic rings. The number of thiophene rings is 1. The zero-order valence-corrected chi connectivity index (χ0v) is 13.2. The van der Waals surface area contributed by atoms with E-state index >= 15 is 0 Å². The molecule has 1 aromatic rings. The van der Waals surface area contributed by atoms with Gasteiger partial charge in [0.05, 0.1) is 21.7 Å². The molecule has 0 aliphatic carbocycles. The van der Waals surface area contributed by atoms with E-state index in [1.54, 1.807) is 6.92 Å². The van der Waals surface area contributed by atoms with Gasteiger partial charge in [-0.05, 0) is 41.9 Å². The highest BCUT2D eigenvalue weighted by Crippen LogP contribution is 2.27. The fourth-order valence-corrected chi connectivity index (χ4v) is 4.33. The molecule has 2 atom stereocenters. The maximum atomic E-state index is 11.8. The number of ether oxygens (including phenoxy) is 1. The number of methoxy groups -OCH3 is 1. The van der Waals surface area contributed by atoms with E-state index < -0.39 is 10.0 Å². The summed E-state index contributed by atoms with van der Waals surface area (Å²) in [7, 11) is -1.81. The molecule has 98 valence electrons. The van der Waals surface area contributed by atoms with Gasteiger partial charge < -0.3 is 4.74 Å². The van der Waals surface area contributed by atoms with E-state index in [-0.39, 0.29) is 17.9 Å². The van der Waals surface area contributed by atoms with Gasteiger partial charge >= 0.3 is 0 Å². The molecule has 0 saturated carbocycles. The van der Waals surface area contributed by atoms with Crippen LogP contribution in [0.3, 0.4) is 0 Å². The molecule has 0 fully saturated rings. The van der Waals surface area contributed by atoms with Crippen molar-refractivity contribution >= 4 is 37.3 Å². The Morgan fingerprint density at radius 2 is 2.12 bits per heavy atom. The molecule has 0 amide bonds. The van der Waals surface area contributed by atoms with E-state index in [1.807, 2.05) is 19.1 Å². The van der Waals surface area contributed by atoms with Crippen LogP contribution in [-0.2, 0) is 14.8 Å². The van der Waals surface area contributed by atoms with Crippen LogP contribution in [0.5, 0.6) is 0 Å². The second-order valence-electron chi connectivity index (χ2n) is 3.81. The third-order valence-corrected chi connectivity index (χ3v) is 5.66. The topological polar surface area (TPSA) is 55.4 Å². The van der Waals surface area contributed by atoms with Crippen molar-refractivity contribution in [3.8, 4) is 0 Å². The van der Waals surface area contributed by atoms with Gasteiger partial charge in [-0.25, -0.2) is 13.1 Å². The Morgan fingerprint density at radius 3 is 2.59 bits per heavy atom.